The predicted octanol–water partition coefficient (Wildman–Crippen LogP) is 3.67. The fourth-order valence-electron chi connectivity index (χ4n) is 2.23. The van der Waals surface area contributed by atoms with Crippen molar-refractivity contribution < 1.29 is 4.74 Å². The maximum Gasteiger partial charge on any atom is 0.123 e. The van der Waals surface area contributed by atoms with Gasteiger partial charge in [0, 0.05) is 12.0 Å². The van der Waals surface area contributed by atoms with Gasteiger partial charge in [-0.25, -0.2) is 0 Å². The van der Waals surface area contributed by atoms with Crippen molar-refractivity contribution in [3.8, 4) is 16.9 Å². The summed E-state index contributed by atoms with van der Waals surface area (Å²) in [5.41, 5.74) is 5.08. The molecule has 1 nitrogen and oxygen atoms in total. The minimum absolute atomic E-state index is 0.709. The van der Waals surface area contributed by atoms with E-state index in [1.165, 1.54) is 22.3 Å². The van der Waals surface area contributed by atoms with E-state index in [1.807, 2.05) is 13.0 Å². The van der Waals surface area contributed by atoms with Gasteiger partial charge in [0.1, 0.15) is 5.75 Å². The molecule has 16 heavy (non-hydrogen) atoms. The largest absolute Gasteiger partial charge is 0.494 e. The van der Waals surface area contributed by atoms with Crippen molar-refractivity contribution in [3.63, 3.8) is 0 Å². The molecular formula is C15H13O. The predicted molar refractivity (Wildman–Crippen MR) is 65.6 cm³/mol. The van der Waals surface area contributed by atoms with Crippen molar-refractivity contribution in [3.05, 3.63) is 60.0 Å². The van der Waals surface area contributed by atoms with Crippen molar-refractivity contribution in [1.82, 2.24) is 0 Å². The Morgan fingerprint density at radius 2 is 1.75 bits per heavy atom. The molecule has 0 N–H and O–H groups in total. The Bertz CT molecular complexity index is 529. The average Bonchev–Trinajstić information content (AvgIpc) is 2.69. The zero-order valence-corrected chi connectivity index (χ0v) is 9.23. The molecule has 0 spiro atoms. The lowest BCUT2D eigenvalue weighted by Gasteiger charge is -2.08. The van der Waals surface area contributed by atoms with Crippen LogP contribution < -0.4 is 4.74 Å². The lowest BCUT2D eigenvalue weighted by Crippen LogP contribution is -1.94. The molecule has 0 fully saturated rings. The van der Waals surface area contributed by atoms with Crippen LogP contribution in [-0.2, 0) is 0 Å². The zero-order chi connectivity index (χ0) is 11.0. The van der Waals surface area contributed by atoms with Crippen LogP contribution in [0.2, 0.25) is 0 Å². The molecule has 0 aromatic heterocycles. The normalized spacial score (nSPS) is 12.1. The minimum atomic E-state index is 0.709. The maximum absolute atomic E-state index is 5.65. The number of fused-ring (bicyclic) bond motifs is 3. The molecule has 0 saturated heterocycles. The molecule has 0 amide bonds. The van der Waals surface area contributed by atoms with Crippen molar-refractivity contribution in [2.75, 3.05) is 6.61 Å². The molecule has 1 aliphatic rings. The Kier molecular flexibility index (Phi) is 2.17. The van der Waals surface area contributed by atoms with Crippen LogP contribution in [0, 0.1) is 6.42 Å². The fraction of sp³-hybridized carbons (Fsp3) is 0.133. The Balaban J connectivity index is 2.16. The van der Waals surface area contributed by atoms with Gasteiger partial charge in [-0.05, 0) is 29.7 Å². The molecule has 0 unspecified atom stereocenters. The van der Waals surface area contributed by atoms with Crippen molar-refractivity contribution in [2.24, 2.45) is 0 Å². The molecule has 1 radical (unpaired) electrons. The highest BCUT2D eigenvalue weighted by Crippen LogP contribution is 2.42. The molecule has 0 aliphatic heterocycles. The number of hydrogen-bond donors (Lipinski definition) is 0. The highest BCUT2D eigenvalue weighted by atomic mass is 16.5. The van der Waals surface area contributed by atoms with Gasteiger partial charge >= 0.3 is 0 Å². The summed E-state index contributed by atoms with van der Waals surface area (Å²) in [5.74, 6) is 0.983. The third kappa shape index (κ3) is 1.32. The van der Waals surface area contributed by atoms with E-state index < -0.39 is 0 Å². The van der Waals surface area contributed by atoms with Crippen molar-refractivity contribution >= 4 is 0 Å². The lowest BCUT2D eigenvalue weighted by molar-refractivity contribution is 0.339. The molecule has 3 rings (SSSR count). The first-order valence-corrected chi connectivity index (χ1v) is 5.60. The molecule has 0 heterocycles. The molecule has 1 aliphatic carbocycles. The van der Waals surface area contributed by atoms with Crippen LogP contribution in [0.3, 0.4) is 0 Å². The lowest BCUT2D eigenvalue weighted by atomic mass is 10.1. The fourth-order valence-corrected chi connectivity index (χ4v) is 2.23. The third-order valence-electron chi connectivity index (χ3n) is 2.92. The van der Waals surface area contributed by atoms with Gasteiger partial charge in [-0.2, -0.15) is 0 Å². The van der Waals surface area contributed by atoms with Crippen LogP contribution in [0.15, 0.2) is 42.5 Å². The molecule has 0 bridgehead atoms. The van der Waals surface area contributed by atoms with Crippen LogP contribution in [0.5, 0.6) is 5.75 Å². The van der Waals surface area contributed by atoms with Crippen LogP contribution >= 0.6 is 0 Å². The summed E-state index contributed by atoms with van der Waals surface area (Å²) in [6.07, 6.45) is 2.20. The molecule has 0 saturated carbocycles. The van der Waals surface area contributed by atoms with Gasteiger partial charge in [0.2, 0.25) is 0 Å². The van der Waals surface area contributed by atoms with Gasteiger partial charge in [0.25, 0.3) is 0 Å². The first-order chi connectivity index (χ1) is 7.90. The summed E-state index contributed by atoms with van der Waals surface area (Å²) in [5, 5.41) is 0. The van der Waals surface area contributed by atoms with E-state index in [2.05, 4.69) is 42.8 Å². The Hall–Kier alpha value is -1.76. The summed E-state index contributed by atoms with van der Waals surface area (Å²) < 4.78 is 5.65. The Morgan fingerprint density at radius 3 is 2.62 bits per heavy atom. The molecule has 2 aromatic rings. The van der Waals surface area contributed by atoms with Gasteiger partial charge < -0.3 is 4.74 Å². The minimum Gasteiger partial charge on any atom is -0.494 e. The Morgan fingerprint density at radius 1 is 0.938 bits per heavy atom. The third-order valence-corrected chi connectivity index (χ3v) is 2.92. The van der Waals surface area contributed by atoms with Crippen LogP contribution in [0.4, 0.5) is 0 Å². The number of benzene rings is 2. The van der Waals surface area contributed by atoms with Gasteiger partial charge in [0.15, 0.2) is 0 Å². The smallest absolute Gasteiger partial charge is 0.123 e. The van der Waals surface area contributed by atoms with Crippen molar-refractivity contribution in [1.29, 1.82) is 0 Å². The molecule has 0 atom stereocenters. The summed E-state index contributed by atoms with van der Waals surface area (Å²) in [7, 11) is 0. The first kappa shape index (κ1) is 9.46. The number of rotatable bonds is 2. The van der Waals surface area contributed by atoms with Gasteiger partial charge in [0.05, 0.1) is 6.61 Å². The van der Waals surface area contributed by atoms with Gasteiger partial charge in [-0.3, -0.25) is 0 Å². The van der Waals surface area contributed by atoms with Crippen LogP contribution in [-0.4, -0.2) is 6.61 Å². The quantitative estimate of drug-likeness (QED) is 0.625. The van der Waals surface area contributed by atoms with E-state index in [0.29, 0.717) is 6.61 Å². The summed E-state index contributed by atoms with van der Waals surface area (Å²) in [4.78, 5) is 0. The topological polar surface area (TPSA) is 9.23 Å². The van der Waals surface area contributed by atoms with E-state index >= 15 is 0 Å². The summed E-state index contributed by atoms with van der Waals surface area (Å²) in [6.45, 7) is 2.72. The van der Waals surface area contributed by atoms with E-state index in [-0.39, 0.29) is 0 Å². The van der Waals surface area contributed by atoms with E-state index in [9.17, 15) is 0 Å². The number of ether oxygens (including phenoxy) is 1. The highest BCUT2D eigenvalue weighted by molar-refractivity contribution is 5.83. The summed E-state index contributed by atoms with van der Waals surface area (Å²) >= 11 is 0. The second-order valence-electron chi connectivity index (χ2n) is 3.88. The second kappa shape index (κ2) is 3.67. The van der Waals surface area contributed by atoms with E-state index in [1.54, 1.807) is 0 Å². The first-order valence-electron chi connectivity index (χ1n) is 5.60. The zero-order valence-electron chi connectivity index (χ0n) is 9.23. The van der Waals surface area contributed by atoms with Gasteiger partial charge in [-0.15, -0.1) is 0 Å². The monoisotopic (exact) mass is 209 g/mol. The SMILES string of the molecule is CCOc1cccc2c1[CH]c1ccccc1-2. The van der Waals surface area contributed by atoms with Crippen LogP contribution in [0.25, 0.3) is 11.1 Å². The van der Waals surface area contributed by atoms with E-state index in [0.717, 1.165) is 5.75 Å². The maximum atomic E-state index is 5.65. The van der Waals surface area contributed by atoms with Crippen LogP contribution in [0.1, 0.15) is 18.1 Å². The standard InChI is InChI=1S/C15H13O/c1-2-16-15-9-5-8-13-12-7-4-3-6-11(12)10-14(13)15/h3-10H,2H2,1H3. The molecule has 2 aromatic carbocycles. The molecule has 79 valence electrons. The highest BCUT2D eigenvalue weighted by Gasteiger charge is 2.21. The number of hydrogen-bond acceptors (Lipinski definition) is 1. The Labute approximate surface area is 95.7 Å². The second-order valence-corrected chi connectivity index (χ2v) is 3.88. The molecular weight excluding hydrogens is 196 g/mol. The van der Waals surface area contributed by atoms with E-state index in [4.69, 9.17) is 4.74 Å². The average molecular weight is 209 g/mol. The summed E-state index contributed by atoms with van der Waals surface area (Å²) in [6, 6.07) is 14.7. The van der Waals surface area contributed by atoms with Crippen molar-refractivity contribution in [2.45, 2.75) is 6.92 Å². The van der Waals surface area contributed by atoms with Gasteiger partial charge in [-0.1, -0.05) is 36.4 Å². The molecule has 1 heteroatoms.